The van der Waals surface area contributed by atoms with E-state index in [1.54, 1.807) is 18.3 Å². The van der Waals surface area contributed by atoms with E-state index in [9.17, 15) is 4.79 Å². The first-order valence-electron chi connectivity index (χ1n) is 9.16. The fourth-order valence-corrected chi connectivity index (χ4v) is 4.18. The highest BCUT2D eigenvalue weighted by atomic mass is 32.1. The van der Waals surface area contributed by atoms with Crippen molar-refractivity contribution in [2.45, 2.75) is 52.1 Å². The SMILES string of the molecule is CC#CCOc1ccc(CN(C(=O)c2ccc(C)s2)C2CCCC2)cc1. The van der Waals surface area contributed by atoms with Gasteiger partial charge in [0.1, 0.15) is 12.4 Å². The summed E-state index contributed by atoms with van der Waals surface area (Å²) in [5.74, 6) is 6.68. The molecule has 1 aromatic heterocycles. The van der Waals surface area contributed by atoms with Crippen LogP contribution in [0.2, 0.25) is 0 Å². The van der Waals surface area contributed by atoms with Crippen LogP contribution in [0.4, 0.5) is 0 Å². The van der Waals surface area contributed by atoms with Crippen LogP contribution in [0, 0.1) is 18.8 Å². The average molecular weight is 368 g/mol. The molecule has 1 heterocycles. The molecule has 0 bridgehead atoms. The van der Waals surface area contributed by atoms with Crippen LogP contribution in [0.25, 0.3) is 0 Å². The number of hydrogen-bond donors (Lipinski definition) is 0. The fourth-order valence-electron chi connectivity index (χ4n) is 3.35. The number of ether oxygens (including phenoxy) is 1. The second kappa shape index (κ2) is 8.91. The largest absolute Gasteiger partial charge is 0.481 e. The van der Waals surface area contributed by atoms with Crippen molar-refractivity contribution < 1.29 is 9.53 Å². The van der Waals surface area contributed by atoms with E-state index in [-0.39, 0.29) is 5.91 Å². The van der Waals surface area contributed by atoms with Crippen LogP contribution in [-0.4, -0.2) is 23.5 Å². The zero-order chi connectivity index (χ0) is 18.4. The van der Waals surface area contributed by atoms with Gasteiger partial charge < -0.3 is 9.64 Å². The van der Waals surface area contributed by atoms with E-state index in [4.69, 9.17) is 4.74 Å². The number of aryl methyl sites for hydroxylation is 1. The van der Waals surface area contributed by atoms with Gasteiger partial charge in [0.15, 0.2) is 0 Å². The monoisotopic (exact) mass is 367 g/mol. The lowest BCUT2D eigenvalue weighted by Crippen LogP contribution is -2.37. The number of nitrogens with zero attached hydrogens (tertiary/aromatic N) is 1. The Hall–Kier alpha value is -2.25. The Labute approximate surface area is 160 Å². The topological polar surface area (TPSA) is 29.5 Å². The summed E-state index contributed by atoms with van der Waals surface area (Å²) in [4.78, 5) is 17.2. The van der Waals surface area contributed by atoms with Crippen LogP contribution in [0.15, 0.2) is 36.4 Å². The van der Waals surface area contributed by atoms with Crippen LogP contribution >= 0.6 is 11.3 Å². The Balaban J connectivity index is 1.72. The average Bonchev–Trinajstić information content (AvgIpc) is 3.32. The number of thiophene rings is 1. The van der Waals surface area contributed by atoms with Crippen molar-refractivity contribution in [1.29, 1.82) is 0 Å². The van der Waals surface area contributed by atoms with Crippen molar-refractivity contribution in [3.8, 4) is 17.6 Å². The number of carbonyl (C=O) groups excluding carboxylic acids is 1. The lowest BCUT2D eigenvalue weighted by atomic mass is 10.1. The number of benzene rings is 1. The van der Waals surface area contributed by atoms with Gasteiger partial charge in [0.2, 0.25) is 0 Å². The standard InChI is InChI=1S/C22H25NO2S/c1-3-4-15-25-20-12-10-18(11-13-20)16-23(19-7-5-6-8-19)22(24)21-14-9-17(2)26-21/h9-14,19H,5-8,15-16H2,1-2H3. The Kier molecular flexibility index (Phi) is 6.35. The molecule has 3 rings (SSSR count). The third kappa shape index (κ3) is 4.68. The fraction of sp³-hybridized carbons (Fsp3) is 0.409. The molecular weight excluding hydrogens is 342 g/mol. The zero-order valence-electron chi connectivity index (χ0n) is 15.5. The minimum absolute atomic E-state index is 0.161. The van der Waals surface area contributed by atoms with Crippen LogP contribution < -0.4 is 4.74 Å². The van der Waals surface area contributed by atoms with E-state index in [1.165, 1.54) is 17.7 Å². The summed E-state index contributed by atoms with van der Waals surface area (Å²) in [6, 6.07) is 12.3. The molecular formula is C22H25NO2S. The van der Waals surface area contributed by atoms with Gasteiger partial charge in [-0.15, -0.1) is 17.3 Å². The third-order valence-electron chi connectivity index (χ3n) is 4.74. The molecule has 2 aromatic rings. The predicted molar refractivity (Wildman–Crippen MR) is 107 cm³/mol. The number of hydrogen-bond acceptors (Lipinski definition) is 3. The van der Waals surface area contributed by atoms with Gasteiger partial charge in [0, 0.05) is 17.5 Å². The second-order valence-corrected chi connectivity index (χ2v) is 7.93. The molecule has 1 fully saturated rings. The molecule has 0 atom stereocenters. The van der Waals surface area contributed by atoms with Crippen molar-refractivity contribution in [2.75, 3.05) is 6.61 Å². The van der Waals surface area contributed by atoms with Crippen molar-refractivity contribution >= 4 is 17.2 Å². The van der Waals surface area contributed by atoms with E-state index in [2.05, 4.69) is 16.7 Å². The molecule has 1 aromatic carbocycles. The molecule has 3 nitrogen and oxygen atoms in total. The minimum atomic E-state index is 0.161. The van der Waals surface area contributed by atoms with Gasteiger partial charge in [0.25, 0.3) is 5.91 Å². The molecule has 26 heavy (non-hydrogen) atoms. The molecule has 1 saturated carbocycles. The molecule has 1 aliphatic carbocycles. The molecule has 0 aliphatic heterocycles. The lowest BCUT2D eigenvalue weighted by Gasteiger charge is -2.29. The Morgan fingerprint density at radius 1 is 1.19 bits per heavy atom. The van der Waals surface area contributed by atoms with Gasteiger partial charge in [-0.3, -0.25) is 4.79 Å². The second-order valence-electron chi connectivity index (χ2n) is 6.64. The van der Waals surface area contributed by atoms with Crippen molar-refractivity contribution in [3.63, 3.8) is 0 Å². The molecule has 0 N–H and O–H groups in total. The molecule has 0 saturated heterocycles. The molecule has 0 spiro atoms. The maximum absolute atomic E-state index is 13.1. The first-order valence-corrected chi connectivity index (χ1v) is 9.98. The summed E-state index contributed by atoms with van der Waals surface area (Å²) in [6.07, 6.45) is 4.63. The third-order valence-corrected chi connectivity index (χ3v) is 5.73. The van der Waals surface area contributed by atoms with E-state index in [1.807, 2.05) is 43.3 Å². The van der Waals surface area contributed by atoms with Crippen LogP contribution in [0.3, 0.4) is 0 Å². The summed E-state index contributed by atoms with van der Waals surface area (Å²) >= 11 is 1.58. The van der Waals surface area contributed by atoms with Gasteiger partial charge in [-0.25, -0.2) is 0 Å². The van der Waals surface area contributed by atoms with Crippen LogP contribution in [-0.2, 0) is 6.54 Å². The Bertz CT molecular complexity index is 792. The molecule has 1 amide bonds. The Morgan fingerprint density at radius 3 is 2.54 bits per heavy atom. The number of amides is 1. The highest BCUT2D eigenvalue weighted by molar-refractivity contribution is 7.13. The summed E-state index contributed by atoms with van der Waals surface area (Å²) in [5, 5.41) is 0. The van der Waals surface area contributed by atoms with E-state index in [0.717, 1.165) is 29.0 Å². The molecule has 1 aliphatic rings. The van der Waals surface area contributed by atoms with Crippen LogP contribution in [0.5, 0.6) is 5.75 Å². The van der Waals surface area contributed by atoms with Gasteiger partial charge in [0.05, 0.1) is 4.88 Å². The van der Waals surface area contributed by atoms with Gasteiger partial charge in [-0.1, -0.05) is 30.9 Å². The first-order chi connectivity index (χ1) is 12.7. The summed E-state index contributed by atoms with van der Waals surface area (Å²) < 4.78 is 5.57. The van der Waals surface area contributed by atoms with Gasteiger partial charge in [-0.05, 0) is 56.5 Å². The smallest absolute Gasteiger partial charge is 0.264 e. The summed E-state index contributed by atoms with van der Waals surface area (Å²) in [6.45, 7) is 4.90. The van der Waals surface area contributed by atoms with Crippen molar-refractivity contribution in [1.82, 2.24) is 4.90 Å². The normalized spacial score (nSPS) is 13.9. The maximum atomic E-state index is 13.1. The van der Waals surface area contributed by atoms with Gasteiger partial charge >= 0.3 is 0 Å². The van der Waals surface area contributed by atoms with Crippen LogP contribution in [0.1, 0.15) is 52.7 Å². The molecule has 4 heteroatoms. The van der Waals surface area contributed by atoms with E-state index < -0.39 is 0 Å². The van der Waals surface area contributed by atoms with Crippen molar-refractivity contribution in [3.05, 3.63) is 51.7 Å². The maximum Gasteiger partial charge on any atom is 0.264 e. The zero-order valence-corrected chi connectivity index (χ0v) is 16.3. The number of rotatable bonds is 6. The minimum Gasteiger partial charge on any atom is -0.481 e. The summed E-state index contributed by atoms with van der Waals surface area (Å²) in [7, 11) is 0. The molecule has 0 radical (unpaired) electrons. The highest BCUT2D eigenvalue weighted by Crippen LogP contribution is 2.28. The highest BCUT2D eigenvalue weighted by Gasteiger charge is 2.28. The quantitative estimate of drug-likeness (QED) is 0.669. The molecule has 0 unspecified atom stereocenters. The van der Waals surface area contributed by atoms with E-state index in [0.29, 0.717) is 19.2 Å². The molecule has 136 valence electrons. The van der Waals surface area contributed by atoms with Crippen molar-refractivity contribution in [2.24, 2.45) is 0 Å². The first kappa shape index (κ1) is 18.5. The van der Waals surface area contributed by atoms with E-state index >= 15 is 0 Å². The Morgan fingerprint density at radius 2 is 1.92 bits per heavy atom. The predicted octanol–water partition coefficient (Wildman–Crippen LogP) is 5.04. The summed E-state index contributed by atoms with van der Waals surface area (Å²) in [5.41, 5.74) is 1.13. The lowest BCUT2D eigenvalue weighted by molar-refractivity contribution is 0.0669. The number of carbonyl (C=O) groups is 1. The van der Waals surface area contributed by atoms with Gasteiger partial charge in [-0.2, -0.15) is 0 Å².